The van der Waals surface area contributed by atoms with Gasteiger partial charge in [0, 0.05) is 18.2 Å². The van der Waals surface area contributed by atoms with Gasteiger partial charge in [-0.3, -0.25) is 4.98 Å². The van der Waals surface area contributed by atoms with Crippen LogP contribution in [-0.2, 0) is 6.42 Å². The first-order valence-electron chi connectivity index (χ1n) is 6.29. The van der Waals surface area contributed by atoms with Crippen LogP contribution in [0, 0.1) is 6.92 Å². The number of aryl methyl sites for hydroxylation is 1. The molecule has 2 aromatic heterocycles. The number of fused-ring (bicyclic) bond motifs is 1. The van der Waals surface area contributed by atoms with Gasteiger partial charge in [-0.05, 0) is 30.0 Å². The van der Waals surface area contributed by atoms with E-state index in [1.807, 2.05) is 29.6 Å². The first-order chi connectivity index (χ1) is 9.22. The summed E-state index contributed by atoms with van der Waals surface area (Å²) in [6, 6.07) is 12.3. The summed E-state index contributed by atoms with van der Waals surface area (Å²) in [6.07, 6.45) is 1.90. The number of aliphatic hydroxyl groups excluding tert-OH is 1. The quantitative estimate of drug-likeness (QED) is 0.782. The second-order valence-corrected chi connectivity index (χ2v) is 5.73. The lowest BCUT2D eigenvalue weighted by molar-refractivity contribution is 0.178. The zero-order valence-electron chi connectivity index (χ0n) is 10.7. The van der Waals surface area contributed by atoms with Crippen LogP contribution in [0.5, 0.6) is 0 Å². The smallest absolute Gasteiger partial charge is 0.0845 e. The molecule has 3 heteroatoms. The number of aromatic nitrogens is 1. The number of pyridine rings is 1. The first kappa shape index (κ1) is 12.3. The highest BCUT2D eigenvalue weighted by Gasteiger charge is 2.10. The van der Waals surface area contributed by atoms with Crippen LogP contribution in [0.25, 0.3) is 10.2 Å². The summed E-state index contributed by atoms with van der Waals surface area (Å²) in [5, 5.41) is 12.3. The van der Waals surface area contributed by atoms with E-state index in [1.165, 1.54) is 5.56 Å². The van der Waals surface area contributed by atoms with Crippen molar-refractivity contribution >= 4 is 21.6 Å². The number of aliphatic hydroxyl groups is 1. The predicted octanol–water partition coefficient (Wildman–Crippen LogP) is 3.88. The van der Waals surface area contributed by atoms with E-state index >= 15 is 0 Å². The lowest BCUT2D eigenvalue weighted by Gasteiger charge is -2.11. The Labute approximate surface area is 116 Å². The van der Waals surface area contributed by atoms with Crippen LogP contribution in [-0.4, -0.2) is 10.1 Å². The van der Waals surface area contributed by atoms with E-state index in [9.17, 15) is 5.11 Å². The maximum atomic E-state index is 10.3. The Bertz CT molecular complexity index is 705. The van der Waals surface area contributed by atoms with Gasteiger partial charge in [0.2, 0.25) is 0 Å². The van der Waals surface area contributed by atoms with Gasteiger partial charge in [0.05, 0.1) is 16.3 Å². The normalized spacial score (nSPS) is 12.7. The van der Waals surface area contributed by atoms with Gasteiger partial charge in [0.25, 0.3) is 0 Å². The highest BCUT2D eigenvalue weighted by atomic mass is 32.1. The number of thiophene rings is 1. The fourth-order valence-corrected chi connectivity index (χ4v) is 3.01. The fourth-order valence-electron chi connectivity index (χ4n) is 2.22. The van der Waals surface area contributed by atoms with Gasteiger partial charge in [0.1, 0.15) is 0 Å². The van der Waals surface area contributed by atoms with E-state index in [1.54, 1.807) is 17.5 Å². The lowest BCUT2D eigenvalue weighted by Crippen LogP contribution is -2.02. The lowest BCUT2D eigenvalue weighted by atomic mass is 10.0. The van der Waals surface area contributed by atoms with Crippen molar-refractivity contribution in [2.24, 2.45) is 0 Å². The van der Waals surface area contributed by atoms with Crippen molar-refractivity contribution in [2.75, 3.05) is 0 Å². The van der Waals surface area contributed by atoms with Crippen molar-refractivity contribution in [3.63, 3.8) is 0 Å². The van der Waals surface area contributed by atoms with Gasteiger partial charge in [0.15, 0.2) is 0 Å². The van der Waals surface area contributed by atoms with Gasteiger partial charge in [-0.25, -0.2) is 0 Å². The zero-order valence-corrected chi connectivity index (χ0v) is 11.5. The number of nitrogens with zero attached hydrogens (tertiary/aromatic N) is 1. The van der Waals surface area contributed by atoms with Gasteiger partial charge < -0.3 is 5.11 Å². The summed E-state index contributed by atoms with van der Waals surface area (Å²) < 4.78 is 1.13. The number of benzene rings is 1. The second-order valence-electron chi connectivity index (χ2n) is 4.78. The second kappa shape index (κ2) is 5.11. The van der Waals surface area contributed by atoms with E-state index in [4.69, 9.17) is 0 Å². The van der Waals surface area contributed by atoms with E-state index in [0.29, 0.717) is 6.42 Å². The SMILES string of the molecule is Cc1cccc(CC(O)c2cnc3ccsc3c2)c1. The molecule has 0 amide bonds. The number of hydrogen-bond donors (Lipinski definition) is 1. The molecule has 1 unspecified atom stereocenters. The predicted molar refractivity (Wildman–Crippen MR) is 79.5 cm³/mol. The third-order valence-corrected chi connectivity index (χ3v) is 4.07. The van der Waals surface area contributed by atoms with Crippen LogP contribution >= 0.6 is 11.3 Å². The summed E-state index contributed by atoms with van der Waals surface area (Å²) in [5.74, 6) is 0. The van der Waals surface area contributed by atoms with Crippen molar-refractivity contribution in [3.8, 4) is 0 Å². The van der Waals surface area contributed by atoms with Crippen molar-refractivity contribution in [3.05, 3.63) is 64.7 Å². The van der Waals surface area contributed by atoms with Crippen LogP contribution in [0.4, 0.5) is 0 Å². The number of hydrogen-bond acceptors (Lipinski definition) is 3. The molecule has 0 aliphatic carbocycles. The zero-order chi connectivity index (χ0) is 13.2. The standard InChI is InChI=1S/C16H15NOS/c1-11-3-2-4-12(7-11)8-15(18)13-9-16-14(17-10-13)5-6-19-16/h2-7,9-10,15,18H,8H2,1H3. The summed E-state index contributed by atoms with van der Waals surface area (Å²) in [7, 11) is 0. The molecule has 2 nitrogen and oxygen atoms in total. The van der Waals surface area contributed by atoms with Crippen LogP contribution in [0.2, 0.25) is 0 Å². The molecule has 0 spiro atoms. The third-order valence-electron chi connectivity index (χ3n) is 3.22. The Kier molecular flexibility index (Phi) is 3.32. The van der Waals surface area contributed by atoms with Crippen molar-refractivity contribution in [1.82, 2.24) is 4.98 Å². The molecule has 0 radical (unpaired) electrons. The molecule has 0 aliphatic rings. The molecular weight excluding hydrogens is 254 g/mol. The highest BCUT2D eigenvalue weighted by molar-refractivity contribution is 7.17. The van der Waals surface area contributed by atoms with E-state index < -0.39 is 6.10 Å². The Morgan fingerprint density at radius 2 is 2.16 bits per heavy atom. The average molecular weight is 269 g/mol. The highest BCUT2D eigenvalue weighted by Crippen LogP contribution is 2.24. The van der Waals surface area contributed by atoms with Crippen LogP contribution in [0.15, 0.2) is 48.0 Å². The topological polar surface area (TPSA) is 33.1 Å². The molecule has 2 heterocycles. The monoisotopic (exact) mass is 269 g/mol. The molecule has 3 aromatic rings. The van der Waals surface area contributed by atoms with Crippen molar-refractivity contribution in [1.29, 1.82) is 0 Å². The Morgan fingerprint density at radius 3 is 3.00 bits per heavy atom. The Balaban J connectivity index is 1.84. The van der Waals surface area contributed by atoms with Gasteiger partial charge in [-0.2, -0.15) is 0 Å². The molecule has 1 aromatic carbocycles. The largest absolute Gasteiger partial charge is 0.388 e. The molecule has 3 rings (SSSR count). The van der Waals surface area contributed by atoms with Gasteiger partial charge in [-0.1, -0.05) is 29.8 Å². The molecule has 0 bridgehead atoms. The van der Waals surface area contributed by atoms with Crippen molar-refractivity contribution < 1.29 is 5.11 Å². The Morgan fingerprint density at radius 1 is 1.26 bits per heavy atom. The van der Waals surface area contributed by atoms with E-state index in [-0.39, 0.29) is 0 Å². The minimum absolute atomic E-state index is 0.499. The molecule has 0 aliphatic heterocycles. The molecule has 19 heavy (non-hydrogen) atoms. The maximum absolute atomic E-state index is 10.3. The van der Waals surface area contributed by atoms with Gasteiger partial charge in [-0.15, -0.1) is 11.3 Å². The molecule has 1 N–H and O–H groups in total. The summed E-state index contributed by atoms with van der Waals surface area (Å²) >= 11 is 1.65. The maximum Gasteiger partial charge on any atom is 0.0845 e. The van der Waals surface area contributed by atoms with Crippen LogP contribution in [0.3, 0.4) is 0 Å². The molecule has 0 saturated heterocycles. The summed E-state index contributed by atoms with van der Waals surface area (Å²) in [4.78, 5) is 4.37. The minimum Gasteiger partial charge on any atom is -0.388 e. The first-order valence-corrected chi connectivity index (χ1v) is 7.17. The summed E-state index contributed by atoms with van der Waals surface area (Å²) in [6.45, 7) is 2.06. The summed E-state index contributed by atoms with van der Waals surface area (Å²) in [5.41, 5.74) is 4.25. The van der Waals surface area contributed by atoms with Crippen molar-refractivity contribution in [2.45, 2.75) is 19.4 Å². The van der Waals surface area contributed by atoms with Gasteiger partial charge >= 0.3 is 0 Å². The number of rotatable bonds is 3. The minimum atomic E-state index is -0.499. The molecule has 1 atom stereocenters. The molecule has 0 saturated carbocycles. The fraction of sp³-hybridized carbons (Fsp3) is 0.188. The average Bonchev–Trinajstić information content (AvgIpc) is 2.85. The van der Waals surface area contributed by atoms with E-state index in [0.717, 1.165) is 21.3 Å². The molecule has 96 valence electrons. The van der Waals surface area contributed by atoms with Crippen LogP contribution in [0.1, 0.15) is 22.8 Å². The molecular formula is C16H15NOS. The van der Waals surface area contributed by atoms with E-state index in [2.05, 4.69) is 24.0 Å². The van der Waals surface area contributed by atoms with Crippen LogP contribution < -0.4 is 0 Å². The Hall–Kier alpha value is -1.71. The molecule has 0 fully saturated rings. The third kappa shape index (κ3) is 2.67.